The summed E-state index contributed by atoms with van der Waals surface area (Å²) in [6.07, 6.45) is 3.98. The van der Waals surface area contributed by atoms with Crippen molar-refractivity contribution in [3.05, 3.63) is 0 Å². The lowest BCUT2D eigenvalue weighted by Crippen LogP contribution is -2.50. The molecule has 2 rings (SSSR count). The molecule has 2 fully saturated rings. The van der Waals surface area contributed by atoms with Crippen LogP contribution in [-0.4, -0.2) is 42.7 Å². The molecule has 1 atom stereocenters. The highest BCUT2D eigenvalue weighted by molar-refractivity contribution is 7.99. The van der Waals surface area contributed by atoms with Crippen LogP contribution in [0.15, 0.2) is 0 Å². The summed E-state index contributed by atoms with van der Waals surface area (Å²) in [6.45, 7) is 1.48. The van der Waals surface area contributed by atoms with E-state index in [1.807, 2.05) is 11.8 Å². The number of thioether (sulfide) groups is 1. The van der Waals surface area contributed by atoms with Crippen molar-refractivity contribution in [3.8, 4) is 0 Å². The summed E-state index contributed by atoms with van der Waals surface area (Å²) in [5, 5.41) is 3.10. The molecule has 3 N–H and O–H groups in total. The van der Waals surface area contributed by atoms with Gasteiger partial charge in [-0.25, -0.2) is 0 Å². The number of hydrogen-bond donors (Lipinski definition) is 2. The van der Waals surface area contributed by atoms with Crippen molar-refractivity contribution in [3.63, 3.8) is 0 Å². The minimum atomic E-state index is -0.353. The molecule has 2 aliphatic rings. The van der Waals surface area contributed by atoms with Crippen LogP contribution in [0, 0.1) is 5.92 Å². The van der Waals surface area contributed by atoms with E-state index in [2.05, 4.69) is 5.32 Å². The molecule has 0 aliphatic carbocycles. The number of hydrogen-bond acceptors (Lipinski definition) is 4. The van der Waals surface area contributed by atoms with Crippen molar-refractivity contribution in [2.45, 2.75) is 37.8 Å². The minimum Gasteiger partial charge on any atom is -0.381 e. The Bertz CT molecular complexity index is 251. The molecule has 98 valence electrons. The van der Waals surface area contributed by atoms with Gasteiger partial charge in [0.25, 0.3) is 0 Å². The second-order valence-corrected chi connectivity index (χ2v) is 6.10. The molecule has 1 amide bonds. The fraction of sp³-hybridized carbons (Fsp3) is 0.917. The van der Waals surface area contributed by atoms with E-state index in [4.69, 9.17) is 10.5 Å². The Labute approximate surface area is 107 Å². The molecule has 2 aliphatic heterocycles. The molecule has 5 heteroatoms. The summed E-state index contributed by atoms with van der Waals surface area (Å²) < 4.78 is 5.29. The molecule has 0 radical (unpaired) electrons. The summed E-state index contributed by atoms with van der Waals surface area (Å²) in [4.78, 5) is 12.0. The predicted molar refractivity (Wildman–Crippen MR) is 70.0 cm³/mol. The monoisotopic (exact) mass is 258 g/mol. The molecule has 0 aromatic carbocycles. The summed E-state index contributed by atoms with van der Waals surface area (Å²) in [5.41, 5.74) is 6.04. The number of nitrogens with one attached hydrogen (secondary N) is 1. The van der Waals surface area contributed by atoms with Crippen LogP contribution in [0.4, 0.5) is 0 Å². The standard InChI is InChI=1S/C12H22N2O2S/c13-11(9-1-5-16-6-2-9)12(15)14-10-3-7-17-8-4-10/h9-11H,1-8,13H2,(H,14,15). The van der Waals surface area contributed by atoms with Crippen LogP contribution < -0.4 is 11.1 Å². The van der Waals surface area contributed by atoms with Gasteiger partial charge in [-0.2, -0.15) is 11.8 Å². The van der Waals surface area contributed by atoms with E-state index in [1.54, 1.807) is 0 Å². The Balaban J connectivity index is 1.77. The number of amides is 1. The number of rotatable bonds is 3. The van der Waals surface area contributed by atoms with Crippen LogP contribution in [0.25, 0.3) is 0 Å². The summed E-state index contributed by atoms with van der Waals surface area (Å²) in [6, 6.07) is -0.0110. The third kappa shape index (κ3) is 3.86. The van der Waals surface area contributed by atoms with Gasteiger partial charge >= 0.3 is 0 Å². The van der Waals surface area contributed by atoms with Gasteiger partial charge in [0.2, 0.25) is 5.91 Å². The van der Waals surface area contributed by atoms with Crippen molar-refractivity contribution in [1.82, 2.24) is 5.32 Å². The van der Waals surface area contributed by atoms with E-state index in [9.17, 15) is 4.79 Å². The SMILES string of the molecule is NC(C(=O)NC1CCSCC1)C1CCOCC1. The average molecular weight is 258 g/mol. The van der Waals surface area contributed by atoms with Gasteiger partial charge < -0.3 is 15.8 Å². The topological polar surface area (TPSA) is 64.4 Å². The first-order valence-corrected chi connectivity index (χ1v) is 7.64. The normalized spacial score (nSPS) is 25.5. The second kappa shape index (κ2) is 6.61. The molecule has 0 spiro atoms. The minimum absolute atomic E-state index is 0.0359. The molecule has 0 aromatic heterocycles. The predicted octanol–water partition coefficient (Wildman–Crippen LogP) is 0.752. The zero-order chi connectivity index (χ0) is 12.1. The molecule has 1 unspecified atom stereocenters. The summed E-state index contributed by atoms with van der Waals surface area (Å²) >= 11 is 1.96. The largest absolute Gasteiger partial charge is 0.381 e. The number of nitrogens with two attached hydrogens (primary N) is 1. The van der Waals surface area contributed by atoms with Crippen molar-refractivity contribution in [2.75, 3.05) is 24.7 Å². The summed E-state index contributed by atoms with van der Waals surface area (Å²) in [5.74, 6) is 2.63. The molecule has 4 nitrogen and oxygen atoms in total. The van der Waals surface area contributed by atoms with Crippen LogP contribution in [0.1, 0.15) is 25.7 Å². The van der Waals surface area contributed by atoms with Gasteiger partial charge in [0.15, 0.2) is 0 Å². The molecule has 0 bridgehead atoms. The van der Waals surface area contributed by atoms with Crippen molar-refractivity contribution >= 4 is 17.7 Å². The number of carbonyl (C=O) groups excluding carboxylic acids is 1. The van der Waals surface area contributed by atoms with E-state index < -0.39 is 0 Å². The highest BCUT2D eigenvalue weighted by Crippen LogP contribution is 2.20. The van der Waals surface area contributed by atoms with E-state index in [1.165, 1.54) is 0 Å². The molecule has 0 aromatic rings. The highest BCUT2D eigenvalue weighted by atomic mass is 32.2. The van der Waals surface area contributed by atoms with Gasteiger partial charge in [0.05, 0.1) is 6.04 Å². The molecule has 0 saturated carbocycles. The number of ether oxygens (including phenoxy) is 1. The third-order valence-electron chi connectivity index (χ3n) is 3.64. The Kier molecular flexibility index (Phi) is 5.13. The van der Waals surface area contributed by atoms with Gasteiger partial charge in [-0.15, -0.1) is 0 Å². The van der Waals surface area contributed by atoms with Gasteiger partial charge in [-0.3, -0.25) is 4.79 Å². The molecular formula is C12H22N2O2S. The molecule has 2 heterocycles. The first kappa shape index (κ1) is 13.2. The quantitative estimate of drug-likeness (QED) is 0.784. The first-order valence-electron chi connectivity index (χ1n) is 6.49. The van der Waals surface area contributed by atoms with Crippen molar-refractivity contribution in [2.24, 2.45) is 11.7 Å². The van der Waals surface area contributed by atoms with Gasteiger partial charge in [0.1, 0.15) is 0 Å². The maximum Gasteiger partial charge on any atom is 0.237 e. The fourth-order valence-corrected chi connectivity index (χ4v) is 3.53. The molecule has 2 saturated heterocycles. The lowest BCUT2D eigenvalue weighted by Gasteiger charge is -2.29. The lowest BCUT2D eigenvalue weighted by molar-refractivity contribution is -0.125. The van der Waals surface area contributed by atoms with Crippen LogP contribution >= 0.6 is 11.8 Å². The zero-order valence-electron chi connectivity index (χ0n) is 10.2. The second-order valence-electron chi connectivity index (χ2n) is 4.87. The Morgan fingerprint density at radius 2 is 1.88 bits per heavy atom. The first-order chi connectivity index (χ1) is 8.27. The van der Waals surface area contributed by atoms with E-state index >= 15 is 0 Å². The van der Waals surface area contributed by atoms with E-state index in [0.717, 1.165) is 50.4 Å². The lowest BCUT2D eigenvalue weighted by atomic mass is 9.91. The average Bonchev–Trinajstić information content (AvgIpc) is 2.40. The van der Waals surface area contributed by atoms with Gasteiger partial charge in [-0.05, 0) is 43.1 Å². The van der Waals surface area contributed by atoms with Crippen molar-refractivity contribution < 1.29 is 9.53 Å². The highest BCUT2D eigenvalue weighted by Gasteiger charge is 2.28. The van der Waals surface area contributed by atoms with Crippen LogP contribution in [0.5, 0.6) is 0 Å². The van der Waals surface area contributed by atoms with Gasteiger partial charge in [0, 0.05) is 19.3 Å². The third-order valence-corrected chi connectivity index (χ3v) is 4.69. The fourth-order valence-electron chi connectivity index (χ4n) is 2.43. The van der Waals surface area contributed by atoms with Crippen molar-refractivity contribution in [1.29, 1.82) is 0 Å². The van der Waals surface area contributed by atoms with Crippen LogP contribution in [0.2, 0.25) is 0 Å². The zero-order valence-corrected chi connectivity index (χ0v) is 11.0. The van der Waals surface area contributed by atoms with Gasteiger partial charge in [-0.1, -0.05) is 0 Å². The molecular weight excluding hydrogens is 236 g/mol. The Hall–Kier alpha value is -0.260. The summed E-state index contributed by atoms with van der Waals surface area (Å²) in [7, 11) is 0. The Morgan fingerprint density at radius 3 is 2.53 bits per heavy atom. The van der Waals surface area contributed by atoms with E-state index in [-0.39, 0.29) is 11.9 Å². The Morgan fingerprint density at radius 1 is 1.24 bits per heavy atom. The van der Waals surface area contributed by atoms with Crippen LogP contribution in [-0.2, 0) is 9.53 Å². The number of carbonyl (C=O) groups is 1. The maximum atomic E-state index is 12.0. The smallest absolute Gasteiger partial charge is 0.237 e. The molecule has 17 heavy (non-hydrogen) atoms. The maximum absolute atomic E-state index is 12.0. The van der Waals surface area contributed by atoms with E-state index in [0.29, 0.717) is 12.0 Å². The van der Waals surface area contributed by atoms with Crippen LogP contribution in [0.3, 0.4) is 0 Å².